The Morgan fingerprint density at radius 2 is 2.26 bits per heavy atom. The molecule has 1 unspecified atom stereocenters. The molecule has 8 heteroatoms. The van der Waals surface area contributed by atoms with Crippen LogP contribution in [0.5, 0.6) is 0 Å². The molecule has 140 valence electrons. The first kappa shape index (κ1) is 17.4. The van der Waals surface area contributed by atoms with Gasteiger partial charge in [0.05, 0.1) is 12.2 Å². The minimum atomic E-state index is -0.463. The number of rotatable bonds is 4. The molecule has 0 aliphatic carbocycles. The first-order valence-electron chi connectivity index (χ1n) is 8.98. The Balaban J connectivity index is 1.46. The summed E-state index contributed by atoms with van der Waals surface area (Å²) in [6.45, 7) is 3.76. The maximum atomic E-state index is 14.4. The van der Waals surface area contributed by atoms with Crippen LogP contribution in [0.3, 0.4) is 0 Å². The van der Waals surface area contributed by atoms with Gasteiger partial charge in [0.1, 0.15) is 5.69 Å². The number of hydrogen-bond acceptors (Lipinski definition) is 4. The average molecular weight is 368 g/mol. The third kappa shape index (κ3) is 3.75. The molecule has 2 N–H and O–H groups in total. The van der Waals surface area contributed by atoms with E-state index in [1.54, 1.807) is 30.6 Å². The lowest BCUT2D eigenvalue weighted by Crippen LogP contribution is -2.32. The molecule has 0 saturated carbocycles. The van der Waals surface area contributed by atoms with E-state index in [0.29, 0.717) is 17.1 Å². The number of piperidine rings is 1. The van der Waals surface area contributed by atoms with Crippen LogP contribution in [0.15, 0.2) is 42.9 Å². The number of aryl methyl sites for hydroxylation is 1. The van der Waals surface area contributed by atoms with Crippen LogP contribution in [0.2, 0.25) is 0 Å². The Labute approximate surface area is 156 Å². The molecule has 1 amide bonds. The summed E-state index contributed by atoms with van der Waals surface area (Å²) in [6, 6.07) is 6.46. The van der Waals surface area contributed by atoms with Crippen LogP contribution >= 0.6 is 0 Å². The van der Waals surface area contributed by atoms with Gasteiger partial charge in [-0.3, -0.25) is 9.48 Å². The van der Waals surface area contributed by atoms with Crippen LogP contribution in [0.4, 0.5) is 10.1 Å². The average Bonchev–Trinajstić information content (AvgIpc) is 3.32. The zero-order valence-corrected chi connectivity index (χ0v) is 15.0. The van der Waals surface area contributed by atoms with Crippen molar-refractivity contribution in [3.63, 3.8) is 0 Å². The molecule has 27 heavy (non-hydrogen) atoms. The van der Waals surface area contributed by atoms with Crippen molar-refractivity contribution in [2.75, 3.05) is 18.4 Å². The van der Waals surface area contributed by atoms with Crippen LogP contribution in [0, 0.1) is 12.7 Å². The van der Waals surface area contributed by atoms with Gasteiger partial charge in [-0.05, 0) is 56.1 Å². The van der Waals surface area contributed by atoms with Crippen molar-refractivity contribution in [3.8, 4) is 5.69 Å². The molecule has 0 radical (unpaired) electrons. The number of aromatic nitrogens is 4. The minimum Gasteiger partial charge on any atom is -0.320 e. The smallest absolute Gasteiger partial charge is 0.276 e. The van der Waals surface area contributed by atoms with Gasteiger partial charge < -0.3 is 10.6 Å². The fraction of sp³-hybridized carbons (Fsp3) is 0.316. The molecule has 2 aromatic heterocycles. The monoisotopic (exact) mass is 368 g/mol. The zero-order valence-electron chi connectivity index (χ0n) is 15.0. The Morgan fingerprint density at radius 3 is 2.96 bits per heavy atom. The van der Waals surface area contributed by atoms with E-state index < -0.39 is 5.82 Å². The molecular weight excluding hydrogens is 347 g/mol. The molecule has 1 fully saturated rings. The Hall–Kier alpha value is -3.00. The van der Waals surface area contributed by atoms with Gasteiger partial charge in [0.25, 0.3) is 5.91 Å². The van der Waals surface area contributed by atoms with Gasteiger partial charge >= 0.3 is 0 Å². The largest absolute Gasteiger partial charge is 0.320 e. The molecule has 1 atom stereocenters. The molecule has 3 aromatic rings. The van der Waals surface area contributed by atoms with E-state index in [4.69, 9.17) is 0 Å². The van der Waals surface area contributed by atoms with Crippen molar-refractivity contribution in [3.05, 3.63) is 59.9 Å². The molecule has 3 heterocycles. The Bertz CT molecular complexity index is 957. The number of hydrogen-bond donors (Lipinski definition) is 2. The highest BCUT2D eigenvalue weighted by Gasteiger charge is 2.18. The second kappa shape index (κ2) is 7.32. The SMILES string of the molecule is Cc1cnn(-c2ccc(NC(=O)c3ccn(C4CCCNC4)n3)cc2F)c1. The second-order valence-electron chi connectivity index (χ2n) is 6.76. The predicted molar refractivity (Wildman–Crippen MR) is 99.6 cm³/mol. The molecule has 7 nitrogen and oxygen atoms in total. The van der Waals surface area contributed by atoms with Crippen molar-refractivity contribution < 1.29 is 9.18 Å². The van der Waals surface area contributed by atoms with Gasteiger partial charge in [0.2, 0.25) is 0 Å². The standard InChI is InChI=1S/C19H21FN6O/c1-13-10-22-26(12-13)18-5-4-14(9-16(18)20)23-19(27)17-6-8-25(24-17)15-3-2-7-21-11-15/h4-6,8-10,12,15,21H,2-3,7,11H2,1H3,(H,23,27). The third-order valence-corrected chi connectivity index (χ3v) is 4.65. The number of nitrogens with zero attached hydrogens (tertiary/aromatic N) is 4. The summed E-state index contributed by atoms with van der Waals surface area (Å²) >= 11 is 0. The topological polar surface area (TPSA) is 76.8 Å². The molecule has 0 spiro atoms. The van der Waals surface area contributed by atoms with Gasteiger partial charge in [-0.1, -0.05) is 0 Å². The summed E-state index contributed by atoms with van der Waals surface area (Å²) in [4.78, 5) is 12.4. The lowest BCUT2D eigenvalue weighted by atomic mass is 10.1. The molecule has 1 aliphatic rings. The minimum absolute atomic E-state index is 0.259. The van der Waals surface area contributed by atoms with E-state index in [-0.39, 0.29) is 11.9 Å². The lowest BCUT2D eigenvalue weighted by Gasteiger charge is -2.22. The fourth-order valence-corrected chi connectivity index (χ4v) is 3.23. The van der Waals surface area contributed by atoms with Crippen molar-refractivity contribution in [1.82, 2.24) is 24.9 Å². The first-order valence-corrected chi connectivity index (χ1v) is 8.98. The molecule has 0 bridgehead atoms. The number of halogens is 1. The van der Waals surface area contributed by atoms with E-state index in [1.165, 1.54) is 10.7 Å². The highest BCUT2D eigenvalue weighted by Crippen LogP contribution is 2.20. The van der Waals surface area contributed by atoms with Crippen molar-refractivity contribution in [1.29, 1.82) is 0 Å². The lowest BCUT2D eigenvalue weighted by molar-refractivity contribution is 0.102. The molecule has 1 aromatic carbocycles. The number of carbonyl (C=O) groups is 1. The number of amides is 1. The van der Waals surface area contributed by atoms with Crippen LogP contribution in [0.25, 0.3) is 5.69 Å². The van der Waals surface area contributed by atoms with E-state index in [0.717, 1.165) is 31.5 Å². The summed E-state index contributed by atoms with van der Waals surface area (Å²) in [5.41, 5.74) is 1.96. The van der Waals surface area contributed by atoms with Gasteiger partial charge in [-0.2, -0.15) is 10.2 Å². The maximum Gasteiger partial charge on any atom is 0.276 e. The van der Waals surface area contributed by atoms with Crippen molar-refractivity contribution >= 4 is 11.6 Å². The maximum absolute atomic E-state index is 14.4. The van der Waals surface area contributed by atoms with Crippen molar-refractivity contribution in [2.45, 2.75) is 25.8 Å². The van der Waals surface area contributed by atoms with E-state index in [9.17, 15) is 9.18 Å². The Morgan fingerprint density at radius 1 is 1.37 bits per heavy atom. The molecule has 4 rings (SSSR count). The fourth-order valence-electron chi connectivity index (χ4n) is 3.23. The highest BCUT2D eigenvalue weighted by atomic mass is 19.1. The molecule has 1 saturated heterocycles. The molecule has 1 aliphatic heterocycles. The predicted octanol–water partition coefficient (Wildman–Crippen LogP) is 2.69. The number of benzene rings is 1. The van der Waals surface area contributed by atoms with Gasteiger partial charge in [0, 0.05) is 24.6 Å². The highest BCUT2D eigenvalue weighted by molar-refractivity contribution is 6.02. The number of nitrogens with one attached hydrogen (secondary N) is 2. The normalized spacial score (nSPS) is 17.0. The van der Waals surface area contributed by atoms with Crippen LogP contribution in [-0.4, -0.2) is 38.6 Å². The molecular formula is C19H21FN6O. The van der Waals surface area contributed by atoms with Gasteiger partial charge in [-0.25, -0.2) is 9.07 Å². The van der Waals surface area contributed by atoms with Crippen LogP contribution in [0.1, 0.15) is 34.9 Å². The van der Waals surface area contributed by atoms with Crippen LogP contribution in [-0.2, 0) is 0 Å². The summed E-state index contributed by atoms with van der Waals surface area (Å²) < 4.78 is 17.7. The quantitative estimate of drug-likeness (QED) is 0.742. The summed E-state index contributed by atoms with van der Waals surface area (Å²) in [5, 5.41) is 14.5. The number of carbonyl (C=O) groups excluding carboxylic acids is 1. The summed E-state index contributed by atoms with van der Waals surface area (Å²) in [5.74, 6) is -0.825. The van der Waals surface area contributed by atoms with Gasteiger partial charge in [-0.15, -0.1) is 0 Å². The van der Waals surface area contributed by atoms with Gasteiger partial charge in [0.15, 0.2) is 11.5 Å². The zero-order chi connectivity index (χ0) is 18.8. The van der Waals surface area contributed by atoms with Crippen molar-refractivity contribution in [2.24, 2.45) is 0 Å². The van der Waals surface area contributed by atoms with E-state index >= 15 is 0 Å². The Kier molecular flexibility index (Phi) is 4.72. The van der Waals surface area contributed by atoms with E-state index in [2.05, 4.69) is 20.8 Å². The summed E-state index contributed by atoms with van der Waals surface area (Å²) in [6.07, 6.45) is 7.34. The summed E-state index contributed by atoms with van der Waals surface area (Å²) in [7, 11) is 0. The number of anilines is 1. The first-order chi connectivity index (χ1) is 13.1. The second-order valence-corrected chi connectivity index (χ2v) is 6.76. The van der Waals surface area contributed by atoms with Crippen LogP contribution < -0.4 is 10.6 Å². The third-order valence-electron chi connectivity index (χ3n) is 4.65. The van der Waals surface area contributed by atoms with E-state index in [1.807, 2.05) is 17.8 Å².